The van der Waals surface area contributed by atoms with E-state index < -0.39 is 48.1 Å². The standard InChI is InChI=1S/C18H20O8/c1-10(19)23-14-15(24-11(2)20)18(26-17(14)22-3)9-13(18)25-16(21)12-7-5-4-6-8-12/h4-8,13-15,17H,9H2,1-3H3/t13-,14?,15?,17?,18-/m1/s1. The zero-order valence-corrected chi connectivity index (χ0v) is 14.7. The molecule has 0 aromatic heterocycles. The highest BCUT2D eigenvalue weighted by molar-refractivity contribution is 5.89. The van der Waals surface area contributed by atoms with E-state index in [2.05, 4.69) is 0 Å². The molecule has 2 fully saturated rings. The van der Waals surface area contributed by atoms with Gasteiger partial charge in [-0.05, 0) is 12.1 Å². The smallest absolute Gasteiger partial charge is 0.338 e. The lowest BCUT2D eigenvalue weighted by Gasteiger charge is -2.23. The predicted molar refractivity (Wildman–Crippen MR) is 86.0 cm³/mol. The maximum atomic E-state index is 12.3. The lowest BCUT2D eigenvalue weighted by molar-refractivity contribution is -0.182. The third-order valence-corrected chi connectivity index (χ3v) is 4.36. The van der Waals surface area contributed by atoms with Crippen LogP contribution in [-0.4, -0.2) is 55.2 Å². The van der Waals surface area contributed by atoms with Gasteiger partial charge in [-0.25, -0.2) is 4.79 Å². The molecule has 1 spiro atoms. The summed E-state index contributed by atoms with van der Waals surface area (Å²) < 4.78 is 27.1. The van der Waals surface area contributed by atoms with Gasteiger partial charge in [0.1, 0.15) is 6.10 Å². The topological polar surface area (TPSA) is 97.4 Å². The molecule has 8 nitrogen and oxygen atoms in total. The molecule has 3 rings (SSSR count). The number of hydrogen-bond donors (Lipinski definition) is 0. The summed E-state index contributed by atoms with van der Waals surface area (Å²) >= 11 is 0. The fourth-order valence-corrected chi connectivity index (χ4v) is 3.18. The Bertz CT molecular complexity index is 702. The molecule has 1 aromatic rings. The molecule has 1 aliphatic heterocycles. The van der Waals surface area contributed by atoms with Crippen LogP contribution in [0.25, 0.3) is 0 Å². The van der Waals surface area contributed by atoms with Crippen molar-refractivity contribution in [2.75, 3.05) is 7.11 Å². The van der Waals surface area contributed by atoms with Gasteiger partial charge >= 0.3 is 17.9 Å². The van der Waals surface area contributed by atoms with Gasteiger partial charge in [0.25, 0.3) is 0 Å². The quantitative estimate of drug-likeness (QED) is 0.568. The first-order chi connectivity index (χ1) is 12.4. The van der Waals surface area contributed by atoms with Gasteiger partial charge in [-0.3, -0.25) is 9.59 Å². The van der Waals surface area contributed by atoms with Crippen LogP contribution in [0.5, 0.6) is 0 Å². The van der Waals surface area contributed by atoms with E-state index in [1.807, 2.05) is 0 Å². The third-order valence-electron chi connectivity index (χ3n) is 4.36. The summed E-state index contributed by atoms with van der Waals surface area (Å²) in [7, 11) is 1.39. The van der Waals surface area contributed by atoms with Crippen molar-refractivity contribution in [2.24, 2.45) is 0 Å². The van der Waals surface area contributed by atoms with Crippen LogP contribution in [0, 0.1) is 0 Å². The van der Waals surface area contributed by atoms with Gasteiger partial charge in [-0.15, -0.1) is 0 Å². The molecule has 3 unspecified atom stereocenters. The van der Waals surface area contributed by atoms with Gasteiger partial charge in [0.05, 0.1) is 5.56 Å². The number of methoxy groups -OCH3 is 1. The summed E-state index contributed by atoms with van der Waals surface area (Å²) in [6.45, 7) is 2.48. The molecule has 8 heteroatoms. The minimum Gasteiger partial charge on any atom is -0.455 e. The minimum absolute atomic E-state index is 0.307. The van der Waals surface area contributed by atoms with Crippen LogP contribution in [0.15, 0.2) is 30.3 Å². The number of carbonyl (C=O) groups is 3. The zero-order chi connectivity index (χ0) is 18.9. The molecule has 1 saturated carbocycles. The molecule has 1 aromatic carbocycles. The SMILES string of the molecule is COC1O[C@@]2(C[C@H]2OC(=O)c2ccccc2)C(OC(C)=O)C1OC(C)=O. The molecule has 1 saturated heterocycles. The van der Waals surface area contributed by atoms with E-state index in [4.69, 9.17) is 23.7 Å². The number of ether oxygens (including phenoxy) is 5. The Labute approximate surface area is 150 Å². The van der Waals surface area contributed by atoms with Gasteiger partial charge in [0.15, 0.2) is 24.1 Å². The summed E-state index contributed by atoms with van der Waals surface area (Å²) in [6.07, 6.45) is -3.13. The summed E-state index contributed by atoms with van der Waals surface area (Å²) in [5.41, 5.74) is -0.687. The first-order valence-corrected chi connectivity index (χ1v) is 8.18. The highest BCUT2D eigenvalue weighted by Gasteiger charge is 2.74. The summed E-state index contributed by atoms with van der Waals surface area (Å²) in [6, 6.07) is 8.51. The zero-order valence-electron chi connectivity index (χ0n) is 14.7. The van der Waals surface area contributed by atoms with Crippen molar-refractivity contribution in [1.82, 2.24) is 0 Å². The second-order valence-corrected chi connectivity index (χ2v) is 6.25. The van der Waals surface area contributed by atoms with E-state index in [1.165, 1.54) is 21.0 Å². The lowest BCUT2D eigenvalue weighted by Crippen LogP contribution is -2.42. The Morgan fingerprint density at radius 1 is 1.04 bits per heavy atom. The van der Waals surface area contributed by atoms with Crippen molar-refractivity contribution < 1.29 is 38.1 Å². The fraction of sp³-hybridized carbons (Fsp3) is 0.500. The molecule has 26 heavy (non-hydrogen) atoms. The molecule has 5 atom stereocenters. The number of carbonyl (C=O) groups excluding carboxylic acids is 3. The van der Waals surface area contributed by atoms with Gasteiger partial charge < -0.3 is 23.7 Å². The van der Waals surface area contributed by atoms with Crippen LogP contribution in [0.4, 0.5) is 0 Å². The van der Waals surface area contributed by atoms with Crippen molar-refractivity contribution in [3.8, 4) is 0 Å². The van der Waals surface area contributed by atoms with E-state index in [1.54, 1.807) is 30.3 Å². The number of hydrogen-bond acceptors (Lipinski definition) is 8. The van der Waals surface area contributed by atoms with Crippen molar-refractivity contribution in [3.63, 3.8) is 0 Å². The van der Waals surface area contributed by atoms with E-state index in [9.17, 15) is 14.4 Å². The van der Waals surface area contributed by atoms with Crippen LogP contribution < -0.4 is 0 Å². The minimum atomic E-state index is -1.09. The molecule has 0 N–H and O–H groups in total. The van der Waals surface area contributed by atoms with E-state index >= 15 is 0 Å². The molecule has 0 bridgehead atoms. The Balaban J connectivity index is 1.78. The molecular formula is C18H20O8. The molecule has 2 aliphatic rings. The molecule has 1 heterocycles. The summed E-state index contributed by atoms with van der Waals surface area (Å²) in [4.78, 5) is 35.2. The van der Waals surface area contributed by atoms with Crippen molar-refractivity contribution in [1.29, 1.82) is 0 Å². The summed E-state index contributed by atoms with van der Waals surface area (Å²) in [5, 5.41) is 0. The van der Waals surface area contributed by atoms with Crippen molar-refractivity contribution in [2.45, 2.75) is 50.5 Å². The maximum Gasteiger partial charge on any atom is 0.338 e. The van der Waals surface area contributed by atoms with Crippen LogP contribution in [-0.2, 0) is 33.3 Å². The van der Waals surface area contributed by atoms with E-state index in [0.717, 1.165) is 0 Å². The number of rotatable bonds is 5. The van der Waals surface area contributed by atoms with E-state index in [0.29, 0.717) is 12.0 Å². The van der Waals surface area contributed by atoms with Gasteiger partial charge in [0.2, 0.25) is 0 Å². The largest absolute Gasteiger partial charge is 0.455 e. The Morgan fingerprint density at radius 3 is 2.27 bits per heavy atom. The van der Waals surface area contributed by atoms with E-state index in [-0.39, 0.29) is 0 Å². The van der Waals surface area contributed by atoms with Crippen LogP contribution in [0.2, 0.25) is 0 Å². The molecular weight excluding hydrogens is 344 g/mol. The Kier molecular flexibility index (Phi) is 4.97. The van der Waals surface area contributed by atoms with Crippen LogP contribution in [0.3, 0.4) is 0 Å². The van der Waals surface area contributed by atoms with Gasteiger partial charge in [-0.2, -0.15) is 0 Å². The average Bonchev–Trinajstić information content (AvgIpc) is 3.21. The first-order valence-electron chi connectivity index (χ1n) is 8.18. The number of esters is 3. The van der Waals surface area contributed by atoms with Gasteiger partial charge in [0, 0.05) is 27.4 Å². The Morgan fingerprint density at radius 2 is 1.69 bits per heavy atom. The molecule has 0 radical (unpaired) electrons. The second kappa shape index (κ2) is 7.05. The average molecular weight is 364 g/mol. The Hall–Kier alpha value is -2.45. The van der Waals surface area contributed by atoms with Crippen LogP contribution >= 0.6 is 0 Å². The lowest BCUT2D eigenvalue weighted by atomic mass is 10.1. The highest BCUT2D eigenvalue weighted by atomic mass is 16.8. The summed E-state index contributed by atoms with van der Waals surface area (Å²) in [5.74, 6) is -1.64. The normalized spacial score (nSPS) is 32.1. The monoisotopic (exact) mass is 364 g/mol. The molecule has 0 amide bonds. The molecule has 1 aliphatic carbocycles. The second-order valence-electron chi connectivity index (χ2n) is 6.25. The fourth-order valence-electron chi connectivity index (χ4n) is 3.18. The van der Waals surface area contributed by atoms with Gasteiger partial charge in [-0.1, -0.05) is 18.2 Å². The maximum absolute atomic E-state index is 12.3. The molecule has 140 valence electrons. The van der Waals surface area contributed by atoms with Crippen molar-refractivity contribution >= 4 is 17.9 Å². The first kappa shape index (κ1) is 18.3. The number of benzene rings is 1. The predicted octanol–water partition coefficient (Wildman–Crippen LogP) is 1.22. The highest BCUT2D eigenvalue weighted by Crippen LogP contribution is 2.54. The van der Waals surface area contributed by atoms with Crippen LogP contribution in [0.1, 0.15) is 30.6 Å². The van der Waals surface area contributed by atoms with Crippen molar-refractivity contribution in [3.05, 3.63) is 35.9 Å². The third kappa shape index (κ3) is 3.42.